The van der Waals surface area contributed by atoms with Gasteiger partial charge in [0, 0.05) is 25.0 Å². The molecule has 9 heteroatoms. The lowest BCUT2D eigenvalue weighted by Gasteiger charge is -2.29. The van der Waals surface area contributed by atoms with Crippen LogP contribution in [-0.2, 0) is 4.74 Å². The van der Waals surface area contributed by atoms with E-state index in [9.17, 15) is 9.59 Å². The van der Waals surface area contributed by atoms with Crippen LogP contribution in [0.3, 0.4) is 0 Å². The van der Waals surface area contributed by atoms with Crippen LogP contribution in [0.4, 0.5) is 5.69 Å². The largest absolute Gasteiger partial charge is 0.378 e. The highest BCUT2D eigenvalue weighted by Crippen LogP contribution is 2.18. The average Bonchev–Trinajstić information content (AvgIpc) is 3.21. The number of nitrogens with zero attached hydrogens (tertiary/aromatic N) is 4. The second-order valence-corrected chi connectivity index (χ2v) is 7.60. The summed E-state index contributed by atoms with van der Waals surface area (Å²) in [6, 6.07) is 8.77. The monoisotopic (exact) mass is 423 g/mol. The lowest BCUT2D eigenvalue weighted by molar-refractivity contribution is 0.0932. The molecule has 0 saturated carbocycles. The molecule has 0 aliphatic carbocycles. The standard InChI is InChI=1S/C22H25N5O4/c1-14-4-6-18(7-5-14)27-13-17(12-19(22(27)29)26-8-10-30-11-9-26)20(28)23-15(2)21-24-16(3)25-31-21/h4-7,12-13,15H,8-11H2,1-3H3,(H,23,28)/t15-/m1/s1. The SMILES string of the molecule is Cc1ccc(-n2cc(C(=O)N[C@H](C)c3nc(C)no3)cc(N3CCOCC3)c2=O)cc1. The minimum atomic E-state index is -0.472. The predicted molar refractivity (Wildman–Crippen MR) is 115 cm³/mol. The Morgan fingerprint density at radius 3 is 2.52 bits per heavy atom. The fourth-order valence-corrected chi connectivity index (χ4v) is 3.45. The first-order chi connectivity index (χ1) is 14.9. The molecule has 1 saturated heterocycles. The van der Waals surface area contributed by atoms with Crippen LogP contribution in [0.1, 0.15) is 40.6 Å². The molecule has 1 aliphatic rings. The minimum absolute atomic E-state index is 0.178. The van der Waals surface area contributed by atoms with E-state index >= 15 is 0 Å². The van der Waals surface area contributed by atoms with Gasteiger partial charge < -0.3 is 19.5 Å². The summed E-state index contributed by atoms with van der Waals surface area (Å²) in [4.78, 5) is 32.5. The number of carbonyl (C=O) groups excluding carboxylic acids is 1. The Labute approximate surface area is 179 Å². The van der Waals surface area contributed by atoms with Crippen molar-refractivity contribution < 1.29 is 14.1 Å². The van der Waals surface area contributed by atoms with E-state index in [2.05, 4.69) is 15.5 Å². The summed E-state index contributed by atoms with van der Waals surface area (Å²) < 4.78 is 12.1. The van der Waals surface area contributed by atoms with Gasteiger partial charge in [0.25, 0.3) is 11.5 Å². The highest BCUT2D eigenvalue weighted by Gasteiger charge is 2.22. The Morgan fingerprint density at radius 1 is 1.16 bits per heavy atom. The molecule has 1 atom stereocenters. The van der Waals surface area contributed by atoms with Crippen molar-refractivity contribution in [1.82, 2.24) is 20.0 Å². The minimum Gasteiger partial charge on any atom is -0.378 e. The van der Waals surface area contributed by atoms with E-state index in [1.54, 1.807) is 26.1 Å². The van der Waals surface area contributed by atoms with Gasteiger partial charge in [-0.1, -0.05) is 22.9 Å². The number of hydrogen-bond donors (Lipinski definition) is 1. The van der Waals surface area contributed by atoms with E-state index in [0.717, 1.165) is 5.56 Å². The van der Waals surface area contributed by atoms with Gasteiger partial charge in [0.15, 0.2) is 5.82 Å². The van der Waals surface area contributed by atoms with Gasteiger partial charge in [0.1, 0.15) is 11.7 Å². The molecular formula is C22H25N5O4. The number of amides is 1. The molecule has 31 heavy (non-hydrogen) atoms. The number of rotatable bonds is 5. The van der Waals surface area contributed by atoms with Crippen LogP contribution in [-0.4, -0.2) is 46.9 Å². The van der Waals surface area contributed by atoms with E-state index in [4.69, 9.17) is 9.26 Å². The van der Waals surface area contributed by atoms with E-state index in [1.807, 2.05) is 36.1 Å². The molecule has 0 radical (unpaired) electrons. The summed E-state index contributed by atoms with van der Waals surface area (Å²) in [5.41, 5.74) is 2.44. The van der Waals surface area contributed by atoms with E-state index in [1.165, 1.54) is 4.57 Å². The smallest absolute Gasteiger partial charge is 0.278 e. The first-order valence-electron chi connectivity index (χ1n) is 10.2. The zero-order valence-electron chi connectivity index (χ0n) is 17.8. The number of morpholine rings is 1. The Balaban J connectivity index is 1.72. The van der Waals surface area contributed by atoms with Crippen molar-refractivity contribution in [1.29, 1.82) is 0 Å². The van der Waals surface area contributed by atoms with Crippen molar-refractivity contribution in [2.24, 2.45) is 0 Å². The molecular weight excluding hydrogens is 398 g/mol. The number of nitrogens with one attached hydrogen (secondary N) is 1. The number of aromatic nitrogens is 3. The number of carbonyl (C=O) groups is 1. The lowest BCUT2D eigenvalue weighted by Crippen LogP contribution is -2.40. The fraction of sp³-hybridized carbons (Fsp3) is 0.364. The maximum absolute atomic E-state index is 13.3. The van der Waals surface area contributed by atoms with Gasteiger partial charge >= 0.3 is 0 Å². The van der Waals surface area contributed by atoms with Gasteiger partial charge in [0.05, 0.1) is 18.8 Å². The Kier molecular flexibility index (Phi) is 5.85. The van der Waals surface area contributed by atoms with Gasteiger partial charge in [0.2, 0.25) is 5.89 Å². The van der Waals surface area contributed by atoms with E-state index in [0.29, 0.717) is 55.0 Å². The van der Waals surface area contributed by atoms with Crippen LogP contribution >= 0.6 is 0 Å². The molecule has 1 amide bonds. The Bertz CT molecular complexity index is 1130. The average molecular weight is 423 g/mol. The zero-order valence-corrected chi connectivity index (χ0v) is 17.8. The van der Waals surface area contributed by atoms with Crippen molar-refractivity contribution in [3.63, 3.8) is 0 Å². The van der Waals surface area contributed by atoms with Gasteiger partial charge in [-0.15, -0.1) is 0 Å². The summed E-state index contributed by atoms with van der Waals surface area (Å²) >= 11 is 0. The van der Waals surface area contributed by atoms with Gasteiger partial charge in [-0.25, -0.2) is 0 Å². The zero-order chi connectivity index (χ0) is 22.0. The van der Waals surface area contributed by atoms with E-state index < -0.39 is 6.04 Å². The molecule has 1 fully saturated rings. The van der Waals surface area contributed by atoms with Gasteiger partial charge in [-0.3, -0.25) is 14.2 Å². The molecule has 0 unspecified atom stereocenters. The maximum atomic E-state index is 13.3. The third-order valence-corrected chi connectivity index (χ3v) is 5.19. The van der Waals surface area contributed by atoms with Crippen molar-refractivity contribution in [2.45, 2.75) is 26.8 Å². The van der Waals surface area contributed by atoms with Crippen molar-refractivity contribution in [3.8, 4) is 5.69 Å². The van der Waals surface area contributed by atoms with Crippen molar-refractivity contribution in [2.75, 3.05) is 31.2 Å². The topological polar surface area (TPSA) is 102 Å². The Morgan fingerprint density at radius 2 is 1.87 bits per heavy atom. The van der Waals surface area contributed by atoms with Crippen molar-refractivity contribution >= 4 is 11.6 Å². The number of ether oxygens (including phenoxy) is 1. The molecule has 0 bridgehead atoms. The first-order valence-corrected chi connectivity index (χ1v) is 10.2. The maximum Gasteiger partial charge on any atom is 0.278 e. The summed E-state index contributed by atoms with van der Waals surface area (Å²) in [6.07, 6.45) is 1.57. The molecule has 0 spiro atoms. The van der Waals surface area contributed by atoms with Crippen LogP contribution in [0.2, 0.25) is 0 Å². The third-order valence-electron chi connectivity index (χ3n) is 5.19. The second-order valence-electron chi connectivity index (χ2n) is 7.60. The molecule has 1 aromatic carbocycles. The highest BCUT2D eigenvalue weighted by molar-refractivity contribution is 5.95. The Hall–Kier alpha value is -3.46. The van der Waals surface area contributed by atoms with Gasteiger partial charge in [-0.2, -0.15) is 4.98 Å². The quantitative estimate of drug-likeness (QED) is 0.671. The molecule has 1 N–H and O–H groups in total. The van der Waals surface area contributed by atoms with Gasteiger partial charge in [-0.05, 0) is 39.0 Å². The predicted octanol–water partition coefficient (Wildman–Crippen LogP) is 2.16. The van der Waals surface area contributed by atoms with Crippen LogP contribution in [0, 0.1) is 13.8 Å². The van der Waals surface area contributed by atoms with Crippen LogP contribution < -0.4 is 15.8 Å². The molecule has 2 aromatic heterocycles. The molecule has 9 nitrogen and oxygen atoms in total. The summed E-state index contributed by atoms with van der Waals surface area (Å²) in [5, 5.41) is 6.63. The molecule has 162 valence electrons. The van der Waals surface area contributed by atoms with Crippen LogP contribution in [0.25, 0.3) is 5.69 Å². The number of aryl methyl sites for hydroxylation is 2. The molecule has 3 heterocycles. The summed E-state index contributed by atoms with van der Waals surface area (Å²) in [7, 11) is 0. The molecule has 4 rings (SSSR count). The fourth-order valence-electron chi connectivity index (χ4n) is 3.45. The third kappa shape index (κ3) is 4.51. The summed E-state index contributed by atoms with van der Waals surface area (Å²) in [6.45, 7) is 7.72. The normalized spacial score (nSPS) is 15.0. The van der Waals surface area contributed by atoms with Crippen LogP contribution in [0.5, 0.6) is 0 Å². The lowest BCUT2D eigenvalue weighted by atomic mass is 10.1. The first kappa shape index (κ1) is 20.8. The van der Waals surface area contributed by atoms with Crippen LogP contribution in [0.15, 0.2) is 45.8 Å². The highest BCUT2D eigenvalue weighted by atomic mass is 16.5. The number of anilines is 1. The molecule has 1 aliphatic heterocycles. The van der Waals surface area contributed by atoms with Crippen molar-refractivity contribution in [3.05, 3.63) is 69.7 Å². The molecule has 3 aromatic rings. The number of pyridine rings is 1. The van der Waals surface area contributed by atoms with E-state index in [-0.39, 0.29) is 11.5 Å². The number of hydrogen-bond acceptors (Lipinski definition) is 7. The second kappa shape index (κ2) is 8.73. The number of benzene rings is 1. The summed E-state index contributed by atoms with van der Waals surface area (Å²) in [5.74, 6) is 0.489.